The van der Waals surface area contributed by atoms with Crippen LogP contribution in [0.5, 0.6) is 0 Å². The molecule has 0 amide bonds. The Kier molecular flexibility index (Phi) is 7.63. The van der Waals surface area contributed by atoms with Gasteiger partial charge in [-0.05, 0) is 47.4 Å². The average Bonchev–Trinajstić information content (AvgIpc) is 3.45. The molecule has 11 nitrogen and oxygen atoms in total. The highest BCUT2D eigenvalue weighted by atomic mass is 35.5. The van der Waals surface area contributed by atoms with Gasteiger partial charge in [0, 0.05) is 29.8 Å². The van der Waals surface area contributed by atoms with Gasteiger partial charge >= 0.3 is 10.2 Å². The van der Waals surface area contributed by atoms with Crippen molar-refractivity contribution in [3.8, 4) is 0 Å². The molecule has 1 aliphatic heterocycles. The topological polar surface area (TPSA) is 147 Å². The first-order chi connectivity index (χ1) is 19.5. The van der Waals surface area contributed by atoms with Gasteiger partial charge in [0.05, 0.1) is 36.6 Å². The maximum Gasteiger partial charge on any atom is 0.326 e. The zero-order chi connectivity index (χ0) is 29.4. The van der Waals surface area contributed by atoms with Gasteiger partial charge in [-0.15, -0.1) is 0 Å². The molecule has 2 aliphatic carbocycles. The van der Waals surface area contributed by atoms with E-state index >= 15 is 0 Å². The van der Waals surface area contributed by atoms with Gasteiger partial charge in [0.2, 0.25) is 6.33 Å². The summed E-state index contributed by atoms with van der Waals surface area (Å²) in [6, 6.07) is 9.10. The predicted octanol–water partition coefficient (Wildman–Crippen LogP) is -3.02. The second kappa shape index (κ2) is 10.7. The molecular weight excluding hydrogens is 584 g/mol. The SMILES string of the molecule is C[C@@H](O)[C@H]1C(=O)C2C(C(=O)[O-])=C(CN3c4cccc5c(C[n+]6ccn(CCO)c6)ccc(c45)N(C)S3(=O)=O)[C@H](C)[C@@H]21.[Cl-]. The van der Waals surface area contributed by atoms with Crippen LogP contribution in [0.2, 0.25) is 0 Å². The van der Waals surface area contributed by atoms with Crippen molar-refractivity contribution in [2.24, 2.45) is 23.7 Å². The van der Waals surface area contributed by atoms with Crippen molar-refractivity contribution in [2.75, 3.05) is 28.8 Å². The number of aliphatic hydroxyl groups is 2. The van der Waals surface area contributed by atoms with E-state index in [9.17, 15) is 33.3 Å². The lowest BCUT2D eigenvalue weighted by molar-refractivity contribution is -0.687. The number of Topliss-reactive ketones (excluding diaryl/α,β-unsaturated/α-hetero) is 1. The smallest absolute Gasteiger partial charge is 0.326 e. The quantitative estimate of drug-likeness (QED) is 0.257. The first kappa shape index (κ1) is 30.0. The molecule has 0 spiro atoms. The van der Waals surface area contributed by atoms with Crippen LogP contribution < -0.4 is 30.7 Å². The summed E-state index contributed by atoms with van der Waals surface area (Å²) in [5, 5.41) is 33.3. The minimum atomic E-state index is -4.10. The molecule has 0 bridgehead atoms. The molecule has 6 rings (SSSR count). The zero-order valence-corrected chi connectivity index (χ0v) is 24.9. The van der Waals surface area contributed by atoms with Crippen molar-refractivity contribution in [3.05, 3.63) is 65.8 Å². The fourth-order valence-electron chi connectivity index (χ4n) is 7.07. The van der Waals surface area contributed by atoms with Gasteiger partial charge < -0.3 is 32.5 Å². The molecule has 0 radical (unpaired) electrons. The Balaban J connectivity index is 0.00000353. The molecule has 224 valence electrons. The molecule has 1 fully saturated rings. The summed E-state index contributed by atoms with van der Waals surface area (Å²) in [4.78, 5) is 25.2. The van der Waals surface area contributed by atoms with Gasteiger partial charge in [0.1, 0.15) is 31.3 Å². The zero-order valence-electron chi connectivity index (χ0n) is 23.3. The number of aliphatic carboxylic acids is 1. The standard InChI is InChI=1S/C29H32N4O7S.ClH/c1-16-20(26(29(37)38)27-23(16)24(17(2)35)28(27)36)14-33-22-6-4-5-19-18(13-32-10-9-31(15-32)11-12-34)7-8-21(25(19)22)30(3)41(33,39)40;/h4-10,15-17,23-24,27,34-35H,11-14H2,1-3H3;1H/p-1/t16-,17+,23+,24+,27?;/m0./s1. The Hall–Kier alpha value is -3.45. The fourth-order valence-corrected chi connectivity index (χ4v) is 8.47. The van der Waals surface area contributed by atoms with Crippen LogP contribution in [0, 0.1) is 23.7 Å². The molecule has 3 aliphatic rings. The number of anilines is 2. The number of benzene rings is 2. The molecule has 1 aromatic heterocycles. The van der Waals surface area contributed by atoms with Crippen molar-refractivity contribution in [1.82, 2.24) is 4.57 Å². The Morgan fingerprint density at radius 2 is 1.93 bits per heavy atom. The van der Waals surface area contributed by atoms with Crippen molar-refractivity contribution in [1.29, 1.82) is 0 Å². The molecule has 3 aromatic rings. The lowest BCUT2D eigenvalue weighted by atomic mass is 9.59. The number of hydrogen-bond donors (Lipinski definition) is 2. The van der Waals surface area contributed by atoms with E-state index in [0.29, 0.717) is 30.0 Å². The van der Waals surface area contributed by atoms with E-state index < -0.39 is 46.0 Å². The van der Waals surface area contributed by atoms with Crippen molar-refractivity contribution in [3.63, 3.8) is 0 Å². The van der Waals surface area contributed by atoms with E-state index in [1.54, 1.807) is 25.1 Å². The minimum absolute atomic E-state index is 0. The van der Waals surface area contributed by atoms with Crippen LogP contribution in [-0.2, 0) is 32.9 Å². The summed E-state index contributed by atoms with van der Waals surface area (Å²) in [5.41, 5.74) is 2.08. The molecule has 5 atom stereocenters. The summed E-state index contributed by atoms with van der Waals surface area (Å²) in [6.45, 7) is 4.07. The second-order valence-corrected chi connectivity index (χ2v) is 13.1. The third-order valence-corrected chi connectivity index (χ3v) is 10.8. The first-order valence-corrected chi connectivity index (χ1v) is 15.0. The van der Waals surface area contributed by atoms with E-state index in [1.807, 2.05) is 40.0 Å². The maximum absolute atomic E-state index is 13.9. The molecule has 42 heavy (non-hydrogen) atoms. The lowest BCUT2D eigenvalue weighted by Gasteiger charge is -2.44. The number of carboxylic acid groups (broad SMARTS) is 1. The van der Waals surface area contributed by atoms with Crippen molar-refractivity contribution >= 4 is 44.1 Å². The third-order valence-electron chi connectivity index (χ3n) is 9.05. The minimum Gasteiger partial charge on any atom is -1.00 e. The molecule has 13 heteroatoms. The summed E-state index contributed by atoms with van der Waals surface area (Å²) in [7, 11) is -2.63. The Morgan fingerprint density at radius 3 is 2.60 bits per heavy atom. The molecule has 2 heterocycles. The summed E-state index contributed by atoms with van der Waals surface area (Å²) in [5.74, 6) is -4.27. The second-order valence-electron chi connectivity index (χ2n) is 11.2. The summed E-state index contributed by atoms with van der Waals surface area (Å²) < 4.78 is 34.0. The van der Waals surface area contributed by atoms with Gasteiger partial charge in [-0.3, -0.25) is 9.10 Å². The number of halogens is 1. The Bertz CT molecular complexity index is 1730. The van der Waals surface area contributed by atoms with Gasteiger partial charge in [-0.25, -0.2) is 13.4 Å². The van der Waals surface area contributed by atoms with E-state index in [2.05, 4.69) is 0 Å². The van der Waals surface area contributed by atoms with Gasteiger partial charge in [-0.1, -0.05) is 25.1 Å². The van der Waals surface area contributed by atoms with Gasteiger partial charge in [0.15, 0.2) is 0 Å². The number of aliphatic hydroxyl groups excluding tert-OH is 2. The van der Waals surface area contributed by atoms with Crippen molar-refractivity contribution < 1.29 is 50.3 Å². The van der Waals surface area contributed by atoms with Crippen LogP contribution >= 0.6 is 0 Å². The first-order valence-electron chi connectivity index (χ1n) is 13.6. The number of fused-ring (bicyclic) bond motifs is 1. The number of rotatable bonds is 8. The van der Waals surface area contributed by atoms with E-state index in [1.165, 1.54) is 22.6 Å². The monoisotopic (exact) mass is 615 g/mol. The third kappa shape index (κ3) is 4.31. The van der Waals surface area contributed by atoms with Crippen LogP contribution in [-0.4, -0.2) is 61.3 Å². The molecule has 2 N–H and O–H groups in total. The fraction of sp³-hybridized carbons (Fsp3) is 0.414. The van der Waals surface area contributed by atoms with Crippen LogP contribution in [0.3, 0.4) is 0 Å². The molecule has 1 saturated carbocycles. The average molecular weight is 616 g/mol. The molecule has 0 saturated heterocycles. The highest BCUT2D eigenvalue weighted by molar-refractivity contribution is 7.94. The number of nitrogens with zero attached hydrogens (tertiary/aromatic N) is 4. The molecular formula is C29H32ClN4O7S-. The van der Waals surface area contributed by atoms with E-state index in [4.69, 9.17) is 0 Å². The van der Waals surface area contributed by atoms with E-state index in [-0.39, 0.29) is 36.9 Å². The number of hydrogen-bond acceptors (Lipinski definition) is 7. The van der Waals surface area contributed by atoms with Crippen LogP contribution in [0.4, 0.5) is 11.4 Å². The van der Waals surface area contributed by atoms with Crippen LogP contribution in [0.15, 0.2) is 60.2 Å². The number of aromatic nitrogens is 2. The largest absolute Gasteiger partial charge is 1.00 e. The normalized spacial score (nSPS) is 24.8. The van der Waals surface area contributed by atoms with E-state index in [0.717, 1.165) is 16.3 Å². The van der Waals surface area contributed by atoms with Gasteiger partial charge in [-0.2, -0.15) is 8.42 Å². The highest BCUT2D eigenvalue weighted by Crippen LogP contribution is 2.56. The van der Waals surface area contributed by atoms with Gasteiger partial charge in [0.25, 0.3) is 0 Å². The summed E-state index contributed by atoms with van der Waals surface area (Å²) >= 11 is 0. The lowest BCUT2D eigenvalue weighted by Crippen LogP contribution is -3.00. The molecule has 2 aromatic carbocycles. The Labute approximate surface area is 249 Å². The van der Waals surface area contributed by atoms with Crippen molar-refractivity contribution in [2.45, 2.75) is 33.0 Å². The number of carbonyl (C=O) groups excluding carboxylic acids is 2. The predicted molar refractivity (Wildman–Crippen MR) is 148 cm³/mol. The maximum atomic E-state index is 13.9. The number of carbonyl (C=O) groups is 2. The van der Waals surface area contributed by atoms with Crippen LogP contribution in [0.25, 0.3) is 10.8 Å². The highest BCUT2D eigenvalue weighted by Gasteiger charge is 2.60. The number of ketones is 1. The summed E-state index contributed by atoms with van der Waals surface area (Å²) in [6.07, 6.45) is 4.73. The van der Waals surface area contributed by atoms with Crippen LogP contribution in [0.1, 0.15) is 19.4 Å². The molecule has 1 unspecified atom stereocenters. The Morgan fingerprint density at radius 1 is 1.19 bits per heavy atom. The number of carboxylic acids is 1. The number of imidazole rings is 1.